The molecular formula is C24H23BrF3NO4. The minimum Gasteiger partial charge on any atom is -0.497 e. The number of halogens is 4. The number of rotatable bonds is 8. The minimum absolute atomic E-state index is 0.0752. The quantitative estimate of drug-likeness (QED) is 0.367. The summed E-state index contributed by atoms with van der Waals surface area (Å²) in [5, 5.41) is 14.2. The van der Waals surface area contributed by atoms with Crippen molar-refractivity contribution in [2.24, 2.45) is 0 Å². The van der Waals surface area contributed by atoms with Crippen LogP contribution in [-0.2, 0) is 12.7 Å². The molecule has 2 N–H and O–H groups in total. The van der Waals surface area contributed by atoms with Gasteiger partial charge in [-0.25, -0.2) is 0 Å². The first-order valence-corrected chi connectivity index (χ1v) is 10.6. The second kappa shape index (κ2) is 10.4. The molecule has 0 bridgehead atoms. The molecule has 0 fully saturated rings. The zero-order chi connectivity index (χ0) is 24.2. The zero-order valence-corrected chi connectivity index (χ0v) is 19.8. The lowest BCUT2D eigenvalue weighted by molar-refractivity contribution is -0.137. The maximum atomic E-state index is 13.4. The second-order valence-corrected chi connectivity index (χ2v) is 7.89. The predicted octanol–water partition coefficient (Wildman–Crippen LogP) is 6.19. The molecule has 0 amide bonds. The first-order valence-electron chi connectivity index (χ1n) is 9.86. The average Bonchev–Trinajstić information content (AvgIpc) is 2.81. The highest BCUT2D eigenvalue weighted by Gasteiger charge is 2.32. The summed E-state index contributed by atoms with van der Waals surface area (Å²) in [6.07, 6.45) is -5.91. The standard InChI is InChI=1S/C24H23BrF3NO4/c1-31-16-9-7-14(21(12-16)33-3)13-29-19-10-8-15(24(26,27)28)11-18(19)23(30)17-5-4-6-20(32-2)22(17)25/h4-12,23,29-30H,13H2,1-3H3. The smallest absolute Gasteiger partial charge is 0.416 e. The number of nitrogens with one attached hydrogen (secondary N) is 1. The largest absolute Gasteiger partial charge is 0.497 e. The van der Waals surface area contributed by atoms with Crippen molar-refractivity contribution in [1.82, 2.24) is 0 Å². The Morgan fingerprint density at radius 3 is 2.27 bits per heavy atom. The lowest BCUT2D eigenvalue weighted by Crippen LogP contribution is -2.12. The normalized spacial score (nSPS) is 12.2. The van der Waals surface area contributed by atoms with Crippen LogP contribution < -0.4 is 19.5 Å². The van der Waals surface area contributed by atoms with Gasteiger partial charge in [0.15, 0.2) is 0 Å². The van der Waals surface area contributed by atoms with E-state index in [9.17, 15) is 18.3 Å². The van der Waals surface area contributed by atoms with Gasteiger partial charge in [0.05, 0.1) is 31.4 Å². The van der Waals surface area contributed by atoms with Crippen LogP contribution in [0.2, 0.25) is 0 Å². The highest BCUT2D eigenvalue weighted by molar-refractivity contribution is 9.10. The summed E-state index contributed by atoms with van der Waals surface area (Å²) in [5.41, 5.74) is 0.706. The lowest BCUT2D eigenvalue weighted by atomic mass is 9.97. The molecule has 3 aromatic carbocycles. The molecule has 0 aliphatic rings. The molecule has 0 saturated heterocycles. The number of ether oxygens (including phenoxy) is 3. The van der Waals surface area contributed by atoms with Crippen LogP contribution in [0.3, 0.4) is 0 Å². The van der Waals surface area contributed by atoms with Crippen LogP contribution in [0.1, 0.15) is 28.4 Å². The van der Waals surface area contributed by atoms with Crippen molar-refractivity contribution in [1.29, 1.82) is 0 Å². The number of benzene rings is 3. The summed E-state index contributed by atoms with van der Waals surface area (Å²) in [4.78, 5) is 0. The van der Waals surface area contributed by atoms with E-state index in [-0.39, 0.29) is 12.1 Å². The average molecular weight is 526 g/mol. The van der Waals surface area contributed by atoms with Crippen molar-refractivity contribution in [3.05, 3.63) is 81.3 Å². The van der Waals surface area contributed by atoms with Crippen molar-refractivity contribution in [2.75, 3.05) is 26.6 Å². The fourth-order valence-electron chi connectivity index (χ4n) is 3.38. The second-order valence-electron chi connectivity index (χ2n) is 7.10. The van der Waals surface area contributed by atoms with Crippen LogP contribution in [0.5, 0.6) is 17.2 Å². The first-order chi connectivity index (χ1) is 15.7. The topological polar surface area (TPSA) is 60.0 Å². The number of anilines is 1. The van der Waals surface area contributed by atoms with Crippen molar-refractivity contribution in [2.45, 2.75) is 18.8 Å². The molecule has 0 aliphatic heterocycles. The van der Waals surface area contributed by atoms with Crippen molar-refractivity contribution >= 4 is 21.6 Å². The van der Waals surface area contributed by atoms with Crippen LogP contribution in [0.25, 0.3) is 0 Å². The molecule has 3 rings (SSSR count). The fraction of sp³-hybridized carbons (Fsp3) is 0.250. The van der Waals surface area contributed by atoms with Gasteiger partial charge in [-0.15, -0.1) is 0 Å². The Labute approximate surface area is 198 Å². The van der Waals surface area contributed by atoms with Gasteiger partial charge in [0.25, 0.3) is 0 Å². The van der Waals surface area contributed by atoms with Gasteiger partial charge in [-0.1, -0.05) is 12.1 Å². The highest BCUT2D eigenvalue weighted by Crippen LogP contribution is 2.40. The van der Waals surface area contributed by atoms with Crippen molar-refractivity contribution in [3.63, 3.8) is 0 Å². The first kappa shape index (κ1) is 24.7. The van der Waals surface area contributed by atoms with Gasteiger partial charge < -0.3 is 24.6 Å². The molecule has 1 unspecified atom stereocenters. The van der Waals surface area contributed by atoms with E-state index < -0.39 is 17.8 Å². The van der Waals surface area contributed by atoms with E-state index in [1.165, 1.54) is 20.3 Å². The van der Waals surface area contributed by atoms with Crippen molar-refractivity contribution in [3.8, 4) is 17.2 Å². The molecule has 5 nitrogen and oxygen atoms in total. The van der Waals surface area contributed by atoms with Crippen molar-refractivity contribution < 1.29 is 32.5 Å². The fourth-order valence-corrected chi connectivity index (χ4v) is 4.02. The number of aliphatic hydroxyl groups is 1. The van der Waals surface area contributed by atoms with Gasteiger partial charge in [0.2, 0.25) is 0 Å². The number of methoxy groups -OCH3 is 3. The SMILES string of the molecule is COc1ccc(CNc2ccc(C(F)(F)F)cc2C(O)c2cccc(OC)c2Br)c(OC)c1. The maximum Gasteiger partial charge on any atom is 0.416 e. The Kier molecular flexibility index (Phi) is 7.76. The number of hydrogen-bond acceptors (Lipinski definition) is 5. The van der Waals surface area contributed by atoms with Crippen LogP contribution in [-0.4, -0.2) is 26.4 Å². The zero-order valence-electron chi connectivity index (χ0n) is 18.2. The molecule has 0 aliphatic carbocycles. The monoisotopic (exact) mass is 525 g/mol. The van der Waals surface area contributed by atoms with Gasteiger partial charge in [-0.05, 0) is 52.3 Å². The summed E-state index contributed by atoms with van der Waals surface area (Å²) in [6.45, 7) is 0.248. The Morgan fingerprint density at radius 2 is 1.64 bits per heavy atom. The van der Waals surface area contributed by atoms with Crippen LogP contribution in [0.15, 0.2) is 59.1 Å². The van der Waals surface area contributed by atoms with E-state index in [0.29, 0.717) is 33.0 Å². The van der Waals surface area contributed by atoms with Gasteiger partial charge in [-0.2, -0.15) is 13.2 Å². The molecule has 0 heterocycles. The Morgan fingerprint density at radius 1 is 0.909 bits per heavy atom. The van der Waals surface area contributed by atoms with Crippen LogP contribution in [0, 0.1) is 0 Å². The maximum absolute atomic E-state index is 13.4. The lowest BCUT2D eigenvalue weighted by Gasteiger charge is -2.21. The third kappa shape index (κ3) is 5.54. The molecule has 33 heavy (non-hydrogen) atoms. The van der Waals surface area contributed by atoms with E-state index >= 15 is 0 Å². The number of aliphatic hydroxyl groups excluding tert-OH is 1. The number of hydrogen-bond donors (Lipinski definition) is 2. The highest BCUT2D eigenvalue weighted by atomic mass is 79.9. The predicted molar refractivity (Wildman–Crippen MR) is 123 cm³/mol. The third-order valence-corrected chi connectivity index (χ3v) is 5.99. The summed E-state index contributed by atoms with van der Waals surface area (Å²) >= 11 is 3.37. The molecule has 3 aromatic rings. The molecule has 176 valence electrons. The molecule has 0 spiro atoms. The van der Waals surface area contributed by atoms with Crippen LogP contribution >= 0.6 is 15.9 Å². The Hall–Kier alpha value is -2.91. The Bertz CT molecular complexity index is 1120. The molecule has 0 radical (unpaired) electrons. The third-order valence-electron chi connectivity index (χ3n) is 5.14. The van der Waals surface area contributed by atoms with Gasteiger partial charge in [0, 0.05) is 35.0 Å². The number of alkyl halides is 3. The summed E-state index contributed by atoms with van der Waals surface area (Å²) < 4.78 is 56.6. The summed E-state index contributed by atoms with van der Waals surface area (Å²) in [5.74, 6) is 1.63. The van der Waals surface area contributed by atoms with E-state index in [0.717, 1.165) is 17.7 Å². The summed E-state index contributed by atoms with van der Waals surface area (Å²) in [7, 11) is 4.53. The van der Waals surface area contributed by atoms with E-state index in [1.54, 1.807) is 43.5 Å². The van der Waals surface area contributed by atoms with E-state index in [1.807, 2.05) is 0 Å². The van der Waals surface area contributed by atoms with Gasteiger partial charge in [0.1, 0.15) is 23.4 Å². The molecule has 9 heteroatoms. The van der Waals surface area contributed by atoms with Gasteiger partial charge in [-0.3, -0.25) is 0 Å². The molecule has 0 saturated carbocycles. The van der Waals surface area contributed by atoms with Gasteiger partial charge >= 0.3 is 6.18 Å². The minimum atomic E-state index is -4.56. The van der Waals surface area contributed by atoms with E-state index in [4.69, 9.17) is 14.2 Å². The molecular weight excluding hydrogens is 503 g/mol. The van der Waals surface area contributed by atoms with Crippen LogP contribution in [0.4, 0.5) is 18.9 Å². The van der Waals surface area contributed by atoms with E-state index in [2.05, 4.69) is 21.2 Å². The Balaban J connectivity index is 2.01. The summed E-state index contributed by atoms with van der Waals surface area (Å²) in [6, 6.07) is 13.5. The molecule has 0 aromatic heterocycles. The molecule has 1 atom stereocenters.